The summed E-state index contributed by atoms with van der Waals surface area (Å²) < 4.78 is 0. The molecule has 3 heteroatoms. The molecule has 1 aromatic carbocycles. The summed E-state index contributed by atoms with van der Waals surface area (Å²) in [6.07, 6.45) is 1.02. The monoisotopic (exact) mass is 257 g/mol. The molecule has 0 aliphatic heterocycles. The van der Waals surface area contributed by atoms with Gasteiger partial charge in [-0.1, -0.05) is 27.5 Å². The average Bonchev–Trinajstić information content (AvgIpc) is 2.46. The second-order valence-corrected chi connectivity index (χ2v) is 4.19. The molecule has 1 nitrogen and oxygen atoms in total. The van der Waals surface area contributed by atoms with E-state index in [9.17, 15) is 0 Å². The standard InChI is InChI=1S/C10H9BrClN/c11-4-3-9-6-7-5-8(12)1-2-10(7)13-9/h1-2,5-6,13H,3-4H2. The minimum absolute atomic E-state index is 0.789. The summed E-state index contributed by atoms with van der Waals surface area (Å²) in [4.78, 5) is 3.34. The number of aromatic nitrogens is 1. The molecule has 0 radical (unpaired) electrons. The minimum Gasteiger partial charge on any atom is -0.358 e. The maximum absolute atomic E-state index is 5.88. The summed E-state index contributed by atoms with van der Waals surface area (Å²) in [7, 11) is 0. The first-order valence-electron chi connectivity index (χ1n) is 4.13. The predicted molar refractivity (Wildman–Crippen MR) is 60.8 cm³/mol. The zero-order valence-electron chi connectivity index (χ0n) is 6.98. The van der Waals surface area contributed by atoms with Crippen molar-refractivity contribution in [1.29, 1.82) is 0 Å². The summed E-state index contributed by atoms with van der Waals surface area (Å²) in [5.41, 5.74) is 2.40. The summed E-state index contributed by atoms with van der Waals surface area (Å²) in [5, 5.41) is 2.95. The van der Waals surface area contributed by atoms with Crippen LogP contribution in [0, 0.1) is 0 Å². The number of alkyl halides is 1. The largest absolute Gasteiger partial charge is 0.358 e. The Morgan fingerprint density at radius 2 is 2.15 bits per heavy atom. The summed E-state index contributed by atoms with van der Waals surface area (Å²) >= 11 is 9.29. The van der Waals surface area contributed by atoms with E-state index in [4.69, 9.17) is 11.6 Å². The fraction of sp³-hybridized carbons (Fsp3) is 0.200. The molecular formula is C10H9BrClN. The molecular weight excluding hydrogens is 249 g/mol. The van der Waals surface area contributed by atoms with Gasteiger partial charge in [-0.05, 0) is 30.7 Å². The first-order valence-corrected chi connectivity index (χ1v) is 5.62. The first kappa shape index (κ1) is 9.10. The molecule has 68 valence electrons. The molecule has 2 aromatic rings. The Morgan fingerprint density at radius 1 is 1.31 bits per heavy atom. The summed E-state index contributed by atoms with van der Waals surface area (Å²) in [6, 6.07) is 8.03. The summed E-state index contributed by atoms with van der Waals surface area (Å²) in [5.74, 6) is 0. The third-order valence-electron chi connectivity index (χ3n) is 2.00. The third kappa shape index (κ3) is 1.89. The zero-order valence-corrected chi connectivity index (χ0v) is 9.32. The van der Waals surface area contributed by atoms with Crippen molar-refractivity contribution in [3.8, 4) is 0 Å². The molecule has 0 spiro atoms. The molecule has 1 aromatic heterocycles. The first-order chi connectivity index (χ1) is 6.29. The van der Waals surface area contributed by atoms with E-state index in [0.29, 0.717) is 0 Å². The highest BCUT2D eigenvalue weighted by Gasteiger charge is 1.99. The molecule has 0 saturated heterocycles. The van der Waals surface area contributed by atoms with Crippen molar-refractivity contribution in [2.24, 2.45) is 0 Å². The molecule has 0 aliphatic carbocycles. The number of hydrogen-bond donors (Lipinski definition) is 1. The molecule has 1 heterocycles. The maximum Gasteiger partial charge on any atom is 0.0457 e. The van der Waals surface area contributed by atoms with Crippen molar-refractivity contribution in [2.75, 3.05) is 5.33 Å². The minimum atomic E-state index is 0.789. The van der Waals surface area contributed by atoms with Crippen LogP contribution in [0.3, 0.4) is 0 Å². The topological polar surface area (TPSA) is 15.8 Å². The van der Waals surface area contributed by atoms with Gasteiger partial charge in [0.05, 0.1) is 0 Å². The van der Waals surface area contributed by atoms with Crippen LogP contribution in [0.1, 0.15) is 5.69 Å². The maximum atomic E-state index is 5.88. The number of aryl methyl sites for hydroxylation is 1. The van der Waals surface area contributed by atoms with Crippen molar-refractivity contribution in [1.82, 2.24) is 4.98 Å². The van der Waals surface area contributed by atoms with Crippen molar-refractivity contribution in [3.05, 3.63) is 35.0 Å². The normalized spacial score (nSPS) is 10.9. The van der Waals surface area contributed by atoms with Crippen molar-refractivity contribution >= 4 is 38.4 Å². The van der Waals surface area contributed by atoms with E-state index in [1.165, 1.54) is 11.1 Å². The third-order valence-corrected chi connectivity index (χ3v) is 2.63. The Hall–Kier alpha value is -0.470. The van der Waals surface area contributed by atoms with Gasteiger partial charge in [0.2, 0.25) is 0 Å². The molecule has 0 unspecified atom stereocenters. The van der Waals surface area contributed by atoms with Crippen LogP contribution in [0.25, 0.3) is 10.9 Å². The Morgan fingerprint density at radius 3 is 2.92 bits per heavy atom. The van der Waals surface area contributed by atoms with Gasteiger partial charge in [-0.2, -0.15) is 0 Å². The second kappa shape index (κ2) is 3.72. The van der Waals surface area contributed by atoms with E-state index in [0.717, 1.165) is 22.3 Å². The van der Waals surface area contributed by atoms with Crippen molar-refractivity contribution in [3.63, 3.8) is 0 Å². The number of nitrogens with one attached hydrogen (secondary N) is 1. The van der Waals surface area contributed by atoms with E-state index in [1.807, 2.05) is 18.2 Å². The zero-order chi connectivity index (χ0) is 9.26. The lowest BCUT2D eigenvalue weighted by atomic mass is 10.2. The van der Waals surface area contributed by atoms with Gasteiger partial charge in [-0.25, -0.2) is 0 Å². The molecule has 2 rings (SSSR count). The van der Waals surface area contributed by atoms with Crippen LogP contribution in [-0.2, 0) is 6.42 Å². The molecule has 0 amide bonds. The van der Waals surface area contributed by atoms with E-state index < -0.39 is 0 Å². The van der Waals surface area contributed by atoms with Crippen LogP contribution in [0.5, 0.6) is 0 Å². The predicted octanol–water partition coefficient (Wildman–Crippen LogP) is 3.76. The van der Waals surface area contributed by atoms with E-state index in [-0.39, 0.29) is 0 Å². The molecule has 0 saturated carbocycles. The number of fused-ring (bicyclic) bond motifs is 1. The van der Waals surface area contributed by atoms with Crippen LogP contribution in [0.4, 0.5) is 0 Å². The Kier molecular flexibility index (Phi) is 2.61. The number of halogens is 2. The van der Waals surface area contributed by atoms with E-state index in [1.54, 1.807) is 0 Å². The van der Waals surface area contributed by atoms with Gasteiger partial charge in [0, 0.05) is 26.9 Å². The number of rotatable bonds is 2. The number of aromatic amines is 1. The van der Waals surface area contributed by atoms with Crippen LogP contribution in [0.15, 0.2) is 24.3 Å². The molecule has 0 aliphatic rings. The van der Waals surface area contributed by atoms with E-state index in [2.05, 4.69) is 27.0 Å². The highest BCUT2D eigenvalue weighted by molar-refractivity contribution is 9.09. The van der Waals surface area contributed by atoms with Gasteiger partial charge in [0.1, 0.15) is 0 Å². The average molecular weight is 259 g/mol. The van der Waals surface area contributed by atoms with Crippen LogP contribution in [-0.4, -0.2) is 10.3 Å². The smallest absolute Gasteiger partial charge is 0.0457 e. The van der Waals surface area contributed by atoms with Crippen molar-refractivity contribution < 1.29 is 0 Å². The Labute approximate surface area is 90.2 Å². The van der Waals surface area contributed by atoms with Crippen molar-refractivity contribution in [2.45, 2.75) is 6.42 Å². The summed E-state index contributed by atoms with van der Waals surface area (Å²) in [6.45, 7) is 0. The fourth-order valence-electron chi connectivity index (χ4n) is 1.40. The number of hydrogen-bond acceptors (Lipinski definition) is 0. The van der Waals surface area contributed by atoms with Crippen LogP contribution in [0.2, 0.25) is 5.02 Å². The van der Waals surface area contributed by atoms with Gasteiger partial charge in [-0.3, -0.25) is 0 Å². The lowest BCUT2D eigenvalue weighted by molar-refractivity contribution is 1.10. The van der Waals surface area contributed by atoms with Gasteiger partial charge in [0.15, 0.2) is 0 Å². The number of benzene rings is 1. The quantitative estimate of drug-likeness (QED) is 0.790. The van der Waals surface area contributed by atoms with E-state index >= 15 is 0 Å². The Balaban J connectivity index is 2.49. The van der Waals surface area contributed by atoms with Crippen LogP contribution < -0.4 is 0 Å². The highest BCUT2D eigenvalue weighted by Crippen LogP contribution is 2.20. The van der Waals surface area contributed by atoms with Gasteiger partial charge < -0.3 is 4.98 Å². The lowest BCUT2D eigenvalue weighted by Crippen LogP contribution is -1.83. The van der Waals surface area contributed by atoms with Gasteiger partial charge >= 0.3 is 0 Å². The highest BCUT2D eigenvalue weighted by atomic mass is 79.9. The molecule has 1 N–H and O–H groups in total. The van der Waals surface area contributed by atoms with Gasteiger partial charge in [0.25, 0.3) is 0 Å². The molecule has 0 bridgehead atoms. The lowest BCUT2D eigenvalue weighted by Gasteiger charge is -1.89. The fourth-order valence-corrected chi connectivity index (χ4v) is 2.01. The number of H-pyrrole nitrogens is 1. The molecule has 13 heavy (non-hydrogen) atoms. The SMILES string of the molecule is Clc1ccc2[nH]c(CCBr)cc2c1. The van der Waals surface area contributed by atoms with Gasteiger partial charge in [-0.15, -0.1) is 0 Å². The molecule has 0 fully saturated rings. The molecule has 0 atom stereocenters. The van der Waals surface area contributed by atoms with Crippen LogP contribution >= 0.6 is 27.5 Å². The Bertz CT molecular complexity index is 422. The second-order valence-electron chi connectivity index (χ2n) is 2.97.